The lowest BCUT2D eigenvalue weighted by Crippen LogP contribution is -2.41. The van der Waals surface area contributed by atoms with Crippen molar-refractivity contribution in [3.05, 3.63) is 0 Å². The number of unbranched alkanes of at least 4 members (excludes halogenated alkanes) is 5. The first-order chi connectivity index (χ1) is 10.4. The average Bonchev–Trinajstić information content (AvgIpc) is 2.45. The number of hydrogen-bond donors (Lipinski definition) is 0. The highest BCUT2D eigenvalue weighted by molar-refractivity contribution is 5.68. The largest absolute Gasteiger partial charge is 0.444 e. The van der Waals surface area contributed by atoms with Gasteiger partial charge in [0.25, 0.3) is 0 Å². The quantitative estimate of drug-likeness (QED) is 0.489. The van der Waals surface area contributed by atoms with E-state index in [1.165, 1.54) is 38.5 Å². The molecule has 1 amide bonds. The molecule has 1 aliphatic heterocycles. The second-order valence-corrected chi connectivity index (χ2v) is 7.42. The molecule has 1 rings (SSSR count). The molecule has 0 spiro atoms. The van der Waals surface area contributed by atoms with Crippen LogP contribution < -0.4 is 0 Å². The molecule has 0 bridgehead atoms. The maximum Gasteiger partial charge on any atom is 0.410 e. The van der Waals surface area contributed by atoms with Gasteiger partial charge in [-0.25, -0.2) is 4.79 Å². The Labute approximate surface area is 136 Å². The molecule has 0 saturated carbocycles. The van der Waals surface area contributed by atoms with Crippen LogP contribution in [0.5, 0.6) is 0 Å². The fourth-order valence-electron chi connectivity index (χ4n) is 2.92. The summed E-state index contributed by atoms with van der Waals surface area (Å²) in [6.07, 6.45) is 15.9. The van der Waals surface area contributed by atoms with E-state index < -0.39 is 5.60 Å². The summed E-state index contributed by atoms with van der Waals surface area (Å²) in [5.41, 5.74) is -0.395. The Bertz CT molecular complexity index is 357. The van der Waals surface area contributed by atoms with E-state index in [1.807, 2.05) is 25.7 Å². The maximum absolute atomic E-state index is 12.0. The third-order valence-electron chi connectivity index (χ3n) is 4.20. The number of likely N-dealkylation sites (tertiary alicyclic amines) is 1. The summed E-state index contributed by atoms with van der Waals surface area (Å²) in [4.78, 5) is 13.9. The van der Waals surface area contributed by atoms with Gasteiger partial charge in [-0.15, -0.1) is 12.3 Å². The van der Waals surface area contributed by atoms with E-state index in [2.05, 4.69) is 5.92 Å². The fourth-order valence-corrected chi connectivity index (χ4v) is 2.92. The summed E-state index contributed by atoms with van der Waals surface area (Å²) in [6, 6.07) is 0. The summed E-state index contributed by atoms with van der Waals surface area (Å²) in [5.74, 6) is 3.48. The van der Waals surface area contributed by atoms with Gasteiger partial charge in [-0.1, -0.05) is 32.1 Å². The minimum atomic E-state index is -0.395. The molecule has 0 unspecified atom stereocenters. The summed E-state index contributed by atoms with van der Waals surface area (Å²) < 4.78 is 5.43. The normalized spacial score (nSPS) is 16.4. The Morgan fingerprint density at radius 3 is 2.32 bits per heavy atom. The van der Waals surface area contributed by atoms with Gasteiger partial charge in [0, 0.05) is 19.5 Å². The molecule has 0 aromatic carbocycles. The second kappa shape index (κ2) is 9.77. The zero-order valence-corrected chi connectivity index (χ0v) is 14.7. The molecule has 1 heterocycles. The van der Waals surface area contributed by atoms with Crippen molar-refractivity contribution in [1.82, 2.24) is 4.90 Å². The molecule has 0 radical (unpaired) electrons. The van der Waals surface area contributed by atoms with Gasteiger partial charge in [-0.3, -0.25) is 0 Å². The van der Waals surface area contributed by atoms with Gasteiger partial charge in [-0.2, -0.15) is 0 Å². The van der Waals surface area contributed by atoms with Crippen LogP contribution in [0.1, 0.15) is 78.6 Å². The van der Waals surface area contributed by atoms with Crippen molar-refractivity contribution in [3.63, 3.8) is 0 Å². The Morgan fingerprint density at radius 2 is 1.73 bits per heavy atom. The molecule has 1 aliphatic rings. The third kappa shape index (κ3) is 8.32. The van der Waals surface area contributed by atoms with Crippen molar-refractivity contribution in [2.45, 2.75) is 84.2 Å². The van der Waals surface area contributed by atoms with E-state index in [-0.39, 0.29) is 6.09 Å². The monoisotopic (exact) mass is 307 g/mol. The van der Waals surface area contributed by atoms with Gasteiger partial charge < -0.3 is 9.64 Å². The SMILES string of the molecule is C#CCCCCCCCC1CCN(C(=O)OC(C)(C)C)CC1. The van der Waals surface area contributed by atoms with Crippen LogP contribution in [0.4, 0.5) is 4.79 Å². The van der Waals surface area contributed by atoms with Gasteiger partial charge in [0.05, 0.1) is 0 Å². The number of piperidine rings is 1. The molecule has 1 saturated heterocycles. The number of carbonyl (C=O) groups is 1. The Morgan fingerprint density at radius 1 is 1.14 bits per heavy atom. The Balaban J connectivity index is 2.08. The standard InChI is InChI=1S/C19H33NO2/c1-5-6-7-8-9-10-11-12-17-13-15-20(16-14-17)18(21)22-19(2,3)4/h1,17H,6-16H2,2-4H3. The molecule has 0 atom stereocenters. The van der Waals surface area contributed by atoms with Crippen molar-refractivity contribution in [3.8, 4) is 12.3 Å². The molecule has 1 fully saturated rings. The lowest BCUT2D eigenvalue weighted by molar-refractivity contribution is 0.0180. The average molecular weight is 307 g/mol. The number of ether oxygens (including phenoxy) is 1. The predicted octanol–water partition coefficient (Wildman–Crippen LogP) is 5.00. The molecule has 22 heavy (non-hydrogen) atoms. The van der Waals surface area contributed by atoms with E-state index in [0.717, 1.165) is 38.3 Å². The minimum absolute atomic E-state index is 0.153. The third-order valence-corrected chi connectivity index (χ3v) is 4.20. The zero-order chi connectivity index (χ0) is 16.4. The first kappa shape index (κ1) is 18.9. The minimum Gasteiger partial charge on any atom is -0.444 e. The molecule has 0 N–H and O–H groups in total. The summed E-state index contributed by atoms with van der Waals surface area (Å²) in [5, 5.41) is 0. The van der Waals surface area contributed by atoms with Crippen LogP contribution in [-0.2, 0) is 4.74 Å². The fraction of sp³-hybridized carbons (Fsp3) is 0.842. The topological polar surface area (TPSA) is 29.5 Å². The molecule has 0 aliphatic carbocycles. The van der Waals surface area contributed by atoms with Gasteiger partial charge >= 0.3 is 6.09 Å². The first-order valence-electron chi connectivity index (χ1n) is 8.84. The van der Waals surface area contributed by atoms with Crippen LogP contribution in [-0.4, -0.2) is 29.7 Å². The Kier molecular flexibility index (Phi) is 8.38. The molecule has 126 valence electrons. The number of hydrogen-bond acceptors (Lipinski definition) is 2. The molecule has 0 aromatic rings. The van der Waals surface area contributed by atoms with Crippen LogP contribution >= 0.6 is 0 Å². The number of terminal acetylenes is 1. The summed E-state index contributed by atoms with van der Waals surface area (Å²) >= 11 is 0. The van der Waals surface area contributed by atoms with Crippen molar-refractivity contribution in [2.24, 2.45) is 5.92 Å². The van der Waals surface area contributed by atoms with Crippen LogP contribution in [0.15, 0.2) is 0 Å². The predicted molar refractivity (Wildman–Crippen MR) is 91.7 cm³/mol. The smallest absolute Gasteiger partial charge is 0.410 e. The number of amides is 1. The van der Waals surface area contributed by atoms with E-state index in [4.69, 9.17) is 11.2 Å². The number of rotatable bonds is 7. The van der Waals surface area contributed by atoms with E-state index >= 15 is 0 Å². The second-order valence-electron chi connectivity index (χ2n) is 7.42. The lowest BCUT2D eigenvalue weighted by atomic mass is 9.91. The van der Waals surface area contributed by atoms with Crippen molar-refractivity contribution in [1.29, 1.82) is 0 Å². The van der Waals surface area contributed by atoms with Crippen LogP contribution in [0, 0.1) is 18.3 Å². The maximum atomic E-state index is 12.0. The summed E-state index contributed by atoms with van der Waals surface area (Å²) in [7, 11) is 0. The van der Waals surface area contributed by atoms with Gasteiger partial charge in [0.2, 0.25) is 0 Å². The first-order valence-corrected chi connectivity index (χ1v) is 8.84. The van der Waals surface area contributed by atoms with E-state index in [9.17, 15) is 4.79 Å². The highest BCUT2D eigenvalue weighted by Gasteiger charge is 2.26. The lowest BCUT2D eigenvalue weighted by Gasteiger charge is -2.33. The molecule has 0 aromatic heterocycles. The number of nitrogens with zero attached hydrogens (tertiary/aromatic N) is 1. The van der Waals surface area contributed by atoms with E-state index in [1.54, 1.807) is 0 Å². The van der Waals surface area contributed by atoms with Gasteiger partial charge in [0.15, 0.2) is 0 Å². The van der Waals surface area contributed by atoms with E-state index in [0.29, 0.717) is 0 Å². The highest BCUT2D eigenvalue weighted by Crippen LogP contribution is 2.24. The Hall–Kier alpha value is -1.17. The highest BCUT2D eigenvalue weighted by atomic mass is 16.6. The van der Waals surface area contributed by atoms with Crippen molar-refractivity contribution in [2.75, 3.05) is 13.1 Å². The molecule has 3 nitrogen and oxygen atoms in total. The van der Waals surface area contributed by atoms with Crippen LogP contribution in [0.25, 0.3) is 0 Å². The molecular weight excluding hydrogens is 274 g/mol. The van der Waals surface area contributed by atoms with Gasteiger partial charge in [-0.05, 0) is 46.0 Å². The number of carbonyl (C=O) groups excluding carboxylic acids is 1. The van der Waals surface area contributed by atoms with Crippen LogP contribution in [0.2, 0.25) is 0 Å². The van der Waals surface area contributed by atoms with Crippen molar-refractivity contribution < 1.29 is 9.53 Å². The zero-order valence-electron chi connectivity index (χ0n) is 14.7. The van der Waals surface area contributed by atoms with Gasteiger partial charge in [0.1, 0.15) is 5.60 Å². The molecule has 3 heteroatoms. The van der Waals surface area contributed by atoms with Crippen molar-refractivity contribution >= 4 is 6.09 Å². The summed E-state index contributed by atoms with van der Waals surface area (Å²) in [6.45, 7) is 7.45. The van der Waals surface area contributed by atoms with Crippen LogP contribution in [0.3, 0.4) is 0 Å². The molecular formula is C19H33NO2.